The zero-order valence-electron chi connectivity index (χ0n) is 14.7. The van der Waals surface area contributed by atoms with Crippen molar-refractivity contribution in [3.63, 3.8) is 0 Å². The Balaban J connectivity index is 1.75. The number of carbonyl (C=O) groups is 1. The van der Waals surface area contributed by atoms with Crippen molar-refractivity contribution in [2.45, 2.75) is 11.8 Å². The van der Waals surface area contributed by atoms with Gasteiger partial charge in [0, 0.05) is 23.5 Å². The largest absolute Gasteiger partial charge is 0.508 e. The molecule has 0 bridgehead atoms. The van der Waals surface area contributed by atoms with Crippen molar-refractivity contribution in [2.24, 2.45) is 0 Å². The summed E-state index contributed by atoms with van der Waals surface area (Å²) in [7, 11) is 0. The number of hydrogen-bond acceptors (Lipinski definition) is 4. The molecule has 1 aliphatic rings. The first-order valence-corrected chi connectivity index (χ1v) is 8.93. The summed E-state index contributed by atoms with van der Waals surface area (Å²) in [6.07, 6.45) is 0.737. The number of hydrogen-bond donors (Lipinski definition) is 1. The Hall–Kier alpha value is -3.27. The van der Waals surface area contributed by atoms with E-state index in [1.165, 1.54) is 5.56 Å². The minimum Gasteiger partial charge on any atom is -0.508 e. The van der Waals surface area contributed by atoms with E-state index in [2.05, 4.69) is 12.1 Å². The normalized spacial score (nSPS) is 18.2. The van der Waals surface area contributed by atoms with Crippen LogP contribution in [0.1, 0.15) is 28.5 Å². The van der Waals surface area contributed by atoms with Gasteiger partial charge in [0.1, 0.15) is 23.9 Å². The smallest absolute Gasteiger partial charge is 0.157 e. The van der Waals surface area contributed by atoms with Crippen molar-refractivity contribution in [3.8, 4) is 17.2 Å². The summed E-state index contributed by atoms with van der Waals surface area (Å²) in [6.45, 7) is 0.583. The second-order valence-electron chi connectivity index (χ2n) is 6.57. The van der Waals surface area contributed by atoms with Crippen LogP contribution in [-0.2, 0) is 4.79 Å². The van der Waals surface area contributed by atoms with E-state index in [1.54, 1.807) is 12.1 Å². The lowest BCUT2D eigenvalue weighted by Crippen LogP contribution is -2.25. The van der Waals surface area contributed by atoms with Gasteiger partial charge in [-0.2, -0.15) is 0 Å². The predicted octanol–water partition coefficient (Wildman–Crippen LogP) is 4.28. The SMILES string of the molecule is O=CCOc1ccc([C@@H]2c3ccc(O)cc3OCC2c2ccccc2)cc1. The predicted molar refractivity (Wildman–Crippen MR) is 103 cm³/mol. The highest BCUT2D eigenvalue weighted by atomic mass is 16.5. The number of aromatic hydroxyl groups is 1. The summed E-state index contributed by atoms with van der Waals surface area (Å²) < 4.78 is 11.3. The number of benzene rings is 3. The van der Waals surface area contributed by atoms with Gasteiger partial charge in [-0.1, -0.05) is 48.5 Å². The average molecular weight is 360 g/mol. The van der Waals surface area contributed by atoms with Gasteiger partial charge >= 0.3 is 0 Å². The van der Waals surface area contributed by atoms with E-state index in [0.29, 0.717) is 18.1 Å². The van der Waals surface area contributed by atoms with Gasteiger partial charge in [0.25, 0.3) is 0 Å². The number of fused-ring (bicyclic) bond motifs is 1. The minimum atomic E-state index is 0.0470. The van der Waals surface area contributed by atoms with Crippen molar-refractivity contribution in [1.82, 2.24) is 0 Å². The van der Waals surface area contributed by atoms with Gasteiger partial charge in [-0.3, -0.25) is 4.79 Å². The van der Waals surface area contributed by atoms with Gasteiger partial charge in [-0.15, -0.1) is 0 Å². The Labute approximate surface area is 158 Å². The molecule has 27 heavy (non-hydrogen) atoms. The molecule has 0 aliphatic carbocycles. The molecule has 4 rings (SSSR count). The van der Waals surface area contributed by atoms with E-state index >= 15 is 0 Å². The quantitative estimate of drug-likeness (QED) is 0.690. The molecule has 3 aromatic rings. The van der Waals surface area contributed by atoms with Gasteiger partial charge < -0.3 is 14.6 Å². The van der Waals surface area contributed by atoms with Crippen molar-refractivity contribution < 1.29 is 19.4 Å². The zero-order valence-corrected chi connectivity index (χ0v) is 14.7. The van der Waals surface area contributed by atoms with Gasteiger partial charge in [-0.05, 0) is 29.3 Å². The highest BCUT2D eigenvalue weighted by molar-refractivity contribution is 5.52. The van der Waals surface area contributed by atoms with Gasteiger partial charge in [0.15, 0.2) is 6.29 Å². The van der Waals surface area contributed by atoms with Crippen LogP contribution in [0.2, 0.25) is 0 Å². The van der Waals surface area contributed by atoms with E-state index in [0.717, 1.165) is 17.4 Å². The van der Waals surface area contributed by atoms with Crippen LogP contribution in [0.15, 0.2) is 72.8 Å². The van der Waals surface area contributed by atoms with Crippen molar-refractivity contribution in [2.75, 3.05) is 13.2 Å². The molecule has 0 fully saturated rings. The molecule has 3 aromatic carbocycles. The molecular weight excluding hydrogens is 340 g/mol. The third-order valence-corrected chi connectivity index (χ3v) is 4.94. The van der Waals surface area contributed by atoms with Crippen molar-refractivity contribution in [1.29, 1.82) is 0 Å². The van der Waals surface area contributed by atoms with Crippen LogP contribution >= 0.6 is 0 Å². The first-order chi connectivity index (χ1) is 13.3. The van der Waals surface area contributed by atoms with E-state index in [9.17, 15) is 9.90 Å². The third kappa shape index (κ3) is 3.51. The molecule has 1 N–H and O–H groups in total. The van der Waals surface area contributed by atoms with Crippen LogP contribution in [0, 0.1) is 0 Å². The van der Waals surface area contributed by atoms with Gasteiger partial charge in [0.2, 0.25) is 0 Å². The number of rotatable bonds is 5. The molecule has 1 unspecified atom stereocenters. The van der Waals surface area contributed by atoms with Crippen molar-refractivity contribution in [3.05, 3.63) is 89.5 Å². The Morgan fingerprint density at radius 2 is 1.78 bits per heavy atom. The molecular formula is C23H20O4. The standard InChI is InChI=1S/C23H20O4/c24-12-13-26-19-9-6-17(7-10-19)23-20-11-8-18(25)14-22(20)27-15-21(23)16-4-2-1-3-5-16/h1-12,14,21,23,25H,13,15H2/t21?,23-/m1/s1. The van der Waals surface area contributed by atoms with Crippen LogP contribution in [0.4, 0.5) is 0 Å². The maximum atomic E-state index is 10.5. The average Bonchev–Trinajstić information content (AvgIpc) is 2.72. The summed E-state index contributed by atoms with van der Waals surface area (Å²) in [5, 5.41) is 9.82. The fraction of sp³-hybridized carbons (Fsp3) is 0.174. The fourth-order valence-corrected chi connectivity index (χ4v) is 3.70. The summed E-state index contributed by atoms with van der Waals surface area (Å²) in [5.41, 5.74) is 3.40. The summed E-state index contributed by atoms with van der Waals surface area (Å²) in [6, 6.07) is 23.5. The molecule has 0 aromatic heterocycles. The lowest BCUT2D eigenvalue weighted by Gasteiger charge is -2.34. The lowest BCUT2D eigenvalue weighted by atomic mass is 9.76. The highest BCUT2D eigenvalue weighted by Gasteiger charge is 2.33. The third-order valence-electron chi connectivity index (χ3n) is 4.94. The van der Waals surface area contributed by atoms with E-state index < -0.39 is 0 Å². The summed E-state index contributed by atoms with van der Waals surface area (Å²) >= 11 is 0. The maximum Gasteiger partial charge on any atom is 0.157 e. The molecule has 4 heteroatoms. The first kappa shape index (κ1) is 17.2. The lowest BCUT2D eigenvalue weighted by molar-refractivity contribution is -0.109. The molecule has 2 atom stereocenters. The maximum absolute atomic E-state index is 10.5. The number of phenolic OH excluding ortho intramolecular Hbond substituents is 1. The number of carbonyl (C=O) groups excluding carboxylic acids is 1. The monoisotopic (exact) mass is 360 g/mol. The Morgan fingerprint density at radius 1 is 1.00 bits per heavy atom. The highest BCUT2D eigenvalue weighted by Crippen LogP contribution is 2.47. The number of aldehydes is 1. The fourth-order valence-electron chi connectivity index (χ4n) is 3.70. The molecule has 4 nitrogen and oxygen atoms in total. The Kier molecular flexibility index (Phi) is 4.79. The summed E-state index contributed by atoms with van der Waals surface area (Å²) in [5.74, 6) is 1.83. The second-order valence-corrected chi connectivity index (χ2v) is 6.57. The number of ether oxygens (including phenoxy) is 2. The summed E-state index contributed by atoms with van der Waals surface area (Å²) in [4.78, 5) is 10.5. The molecule has 0 amide bonds. The molecule has 1 heterocycles. The zero-order chi connectivity index (χ0) is 18.6. The Morgan fingerprint density at radius 3 is 2.52 bits per heavy atom. The number of phenols is 1. The van der Waals surface area contributed by atoms with E-state index in [-0.39, 0.29) is 24.2 Å². The molecule has 0 saturated heterocycles. The van der Waals surface area contributed by atoms with Gasteiger partial charge in [0.05, 0.1) is 6.61 Å². The second kappa shape index (κ2) is 7.54. The van der Waals surface area contributed by atoms with Crippen LogP contribution in [-0.4, -0.2) is 24.6 Å². The van der Waals surface area contributed by atoms with Crippen LogP contribution in [0.25, 0.3) is 0 Å². The molecule has 0 spiro atoms. The van der Waals surface area contributed by atoms with Crippen LogP contribution in [0.5, 0.6) is 17.2 Å². The van der Waals surface area contributed by atoms with Crippen LogP contribution < -0.4 is 9.47 Å². The van der Waals surface area contributed by atoms with Gasteiger partial charge in [-0.25, -0.2) is 0 Å². The molecule has 136 valence electrons. The Bertz CT molecular complexity index is 919. The van der Waals surface area contributed by atoms with E-state index in [4.69, 9.17) is 9.47 Å². The first-order valence-electron chi connectivity index (χ1n) is 8.93. The van der Waals surface area contributed by atoms with E-state index in [1.807, 2.05) is 48.5 Å². The van der Waals surface area contributed by atoms with Crippen molar-refractivity contribution >= 4 is 6.29 Å². The van der Waals surface area contributed by atoms with Crippen LogP contribution in [0.3, 0.4) is 0 Å². The minimum absolute atomic E-state index is 0.0470. The molecule has 0 radical (unpaired) electrons. The molecule has 1 aliphatic heterocycles. The topological polar surface area (TPSA) is 55.8 Å². The molecule has 0 saturated carbocycles.